The third kappa shape index (κ3) is 4.10. The van der Waals surface area contributed by atoms with Crippen LogP contribution in [0, 0.1) is 0 Å². The van der Waals surface area contributed by atoms with Crippen LogP contribution in [0.3, 0.4) is 0 Å². The van der Waals surface area contributed by atoms with E-state index in [1.165, 1.54) is 32.4 Å². The Kier molecular flexibility index (Phi) is 5.20. The second-order valence-electron chi connectivity index (χ2n) is 4.93. The molecule has 2 rings (SSSR count). The van der Waals surface area contributed by atoms with Gasteiger partial charge in [-0.3, -0.25) is 0 Å². The average Bonchev–Trinajstić information content (AvgIpc) is 2.37. The van der Waals surface area contributed by atoms with Crippen molar-refractivity contribution in [2.75, 3.05) is 25.0 Å². The summed E-state index contributed by atoms with van der Waals surface area (Å²) in [5.41, 5.74) is 0.946. The van der Waals surface area contributed by atoms with E-state index in [4.69, 9.17) is 11.6 Å². The Balaban J connectivity index is 1.66. The van der Waals surface area contributed by atoms with Crippen LogP contribution in [0.2, 0.25) is 5.15 Å². The summed E-state index contributed by atoms with van der Waals surface area (Å²) in [5.74, 6) is 0. The van der Waals surface area contributed by atoms with E-state index < -0.39 is 0 Å². The highest BCUT2D eigenvalue weighted by Crippen LogP contribution is 2.16. The van der Waals surface area contributed by atoms with E-state index in [9.17, 15) is 0 Å². The Morgan fingerprint density at radius 3 is 3.17 bits per heavy atom. The lowest BCUT2D eigenvalue weighted by atomic mass is 10.0. The van der Waals surface area contributed by atoms with Gasteiger partial charge in [0.05, 0.1) is 11.9 Å². The van der Waals surface area contributed by atoms with Crippen molar-refractivity contribution in [1.29, 1.82) is 0 Å². The Morgan fingerprint density at radius 2 is 2.39 bits per heavy atom. The van der Waals surface area contributed by atoms with Crippen molar-refractivity contribution in [3.8, 4) is 0 Å². The zero-order valence-corrected chi connectivity index (χ0v) is 11.7. The summed E-state index contributed by atoms with van der Waals surface area (Å²) in [5, 5.41) is 11.3. The normalized spacial score (nSPS) is 20.9. The Bertz CT molecular complexity index is 372. The molecule has 1 unspecified atom stereocenters. The molecule has 1 N–H and O–H groups in total. The molecular weight excluding hydrogens is 248 g/mol. The molecule has 1 aliphatic rings. The lowest BCUT2D eigenvalue weighted by Gasteiger charge is -2.33. The Labute approximate surface area is 114 Å². The minimum absolute atomic E-state index is 0.435. The van der Waals surface area contributed by atoms with Crippen molar-refractivity contribution >= 4 is 17.3 Å². The topological polar surface area (TPSA) is 41.0 Å². The number of hydrogen-bond donors (Lipinski definition) is 1. The minimum Gasteiger partial charge on any atom is -0.384 e. The summed E-state index contributed by atoms with van der Waals surface area (Å²) in [6.45, 7) is 5.70. The fourth-order valence-corrected chi connectivity index (χ4v) is 2.60. The molecule has 18 heavy (non-hydrogen) atoms. The molecule has 0 aliphatic carbocycles. The van der Waals surface area contributed by atoms with Crippen molar-refractivity contribution < 1.29 is 0 Å². The molecular formula is C13H21ClN4. The van der Waals surface area contributed by atoms with Crippen LogP contribution in [-0.4, -0.2) is 40.8 Å². The second-order valence-corrected chi connectivity index (χ2v) is 5.32. The largest absolute Gasteiger partial charge is 0.384 e. The molecule has 0 amide bonds. The van der Waals surface area contributed by atoms with E-state index in [-0.39, 0.29) is 0 Å². The lowest BCUT2D eigenvalue weighted by molar-refractivity contribution is 0.160. The van der Waals surface area contributed by atoms with Gasteiger partial charge in [-0.2, -0.15) is 5.10 Å². The van der Waals surface area contributed by atoms with Crippen LogP contribution in [0.25, 0.3) is 0 Å². The highest BCUT2D eigenvalue weighted by molar-refractivity contribution is 6.29. The van der Waals surface area contributed by atoms with Crippen LogP contribution in [0.5, 0.6) is 0 Å². The van der Waals surface area contributed by atoms with Crippen LogP contribution < -0.4 is 5.32 Å². The fraction of sp³-hybridized carbons (Fsp3) is 0.692. The van der Waals surface area contributed by atoms with Gasteiger partial charge in [0.15, 0.2) is 5.15 Å². The average molecular weight is 269 g/mol. The second kappa shape index (κ2) is 6.90. The molecule has 1 saturated heterocycles. The maximum absolute atomic E-state index is 5.78. The van der Waals surface area contributed by atoms with Crippen molar-refractivity contribution in [3.05, 3.63) is 17.4 Å². The summed E-state index contributed by atoms with van der Waals surface area (Å²) in [6, 6.07) is 2.55. The summed E-state index contributed by atoms with van der Waals surface area (Å²) in [4.78, 5) is 2.59. The van der Waals surface area contributed by atoms with E-state index in [1.807, 2.05) is 0 Å². The highest BCUT2D eigenvalue weighted by Gasteiger charge is 2.16. The van der Waals surface area contributed by atoms with Gasteiger partial charge in [-0.1, -0.05) is 18.0 Å². The van der Waals surface area contributed by atoms with Crippen molar-refractivity contribution in [3.63, 3.8) is 0 Å². The standard InChI is InChI=1S/C13H21ClN4/c1-11-5-2-3-7-18(11)8-4-6-15-12-9-13(14)17-16-10-12/h9-11H,2-8H2,1H3,(H,15,17). The predicted octanol–water partition coefficient (Wildman–Crippen LogP) is 2.81. The third-order valence-electron chi connectivity index (χ3n) is 3.52. The zero-order chi connectivity index (χ0) is 12.8. The molecule has 4 nitrogen and oxygen atoms in total. The molecule has 0 saturated carbocycles. The summed E-state index contributed by atoms with van der Waals surface area (Å²) < 4.78 is 0. The molecule has 1 aromatic heterocycles. The van der Waals surface area contributed by atoms with E-state index >= 15 is 0 Å². The molecule has 0 radical (unpaired) electrons. The van der Waals surface area contributed by atoms with Crippen LogP contribution in [0.15, 0.2) is 12.3 Å². The van der Waals surface area contributed by atoms with Crippen LogP contribution in [-0.2, 0) is 0 Å². The smallest absolute Gasteiger partial charge is 0.153 e. The molecule has 1 aliphatic heterocycles. The number of piperidine rings is 1. The quantitative estimate of drug-likeness (QED) is 0.834. The predicted molar refractivity (Wildman–Crippen MR) is 75.0 cm³/mol. The van der Waals surface area contributed by atoms with E-state index in [1.54, 1.807) is 12.3 Å². The summed E-state index contributed by atoms with van der Waals surface area (Å²) in [6.07, 6.45) is 6.93. The monoisotopic (exact) mass is 268 g/mol. The number of halogens is 1. The minimum atomic E-state index is 0.435. The van der Waals surface area contributed by atoms with Gasteiger partial charge in [0.2, 0.25) is 0 Å². The SMILES string of the molecule is CC1CCCCN1CCCNc1cnnc(Cl)c1. The van der Waals surface area contributed by atoms with Crippen molar-refractivity contribution in [2.24, 2.45) is 0 Å². The first-order valence-corrected chi connectivity index (χ1v) is 7.09. The first-order valence-electron chi connectivity index (χ1n) is 6.72. The van der Waals surface area contributed by atoms with Crippen LogP contribution in [0.1, 0.15) is 32.6 Å². The van der Waals surface area contributed by atoms with Gasteiger partial charge in [0.25, 0.3) is 0 Å². The van der Waals surface area contributed by atoms with Gasteiger partial charge in [0, 0.05) is 25.2 Å². The van der Waals surface area contributed by atoms with E-state index in [2.05, 4.69) is 27.3 Å². The molecule has 1 aromatic rings. The van der Waals surface area contributed by atoms with Crippen molar-refractivity contribution in [1.82, 2.24) is 15.1 Å². The van der Waals surface area contributed by atoms with E-state index in [0.717, 1.165) is 24.7 Å². The molecule has 0 spiro atoms. The van der Waals surface area contributed by atoms with Gasteiger partial charge in [-0.15, -0.1) is 5.10 Å². The highest BCUT2D eigenvalue weighted by atomic mass is 35.5. The van der Waals surface area contributed by atoms with Gasteiger partial charge >= 0.3 is 0 Å². The van der Waals surface area contributed by atoms with Crippen molar-refractivity contribution in [2.45, 2.75) is 38.6 Å². The number of hydrogen-bond acceptors (Lipinski definition) is 4. The molecule has 1 fully saturated rings. The number of nitrogens with one attached hydrogen (secondary N) is 1. The number of rotatable bonds is 5. The first kappa shape index (κ1) is 13.6. The van der Waals surface area contributed by atoms with Crippen LogP contribution in [0.4, 0.5) is 5.69 Å². The number of likely N-dealkylation sites (tertiary alicyclic amines) is 1. The summed E-state index contributed by atoms with van der Waals surface area (Å²) in [7, 11) is 0. The van der Waals surface area contributed by atoms with Crippen LogP contribution >= 0.6 is 11.6 Å². The number of anilines is 1. The maximum Gasteiger partial charge on any atom is 0.153 e. The molecule has 1 atom stereocenters. The van der Waals surface area contributed by atoms with Gasteiger partial charge in [-0.05, 0) is 32.7 Å². The van der Waals surface area contributed by atoms with Gasteiger partial charge in [-0.25, -0.2) is 0 Å². The zero-order valence-electron chi connectivity index (χ0n) is 10.9. The summed E-state index contributed by atoms with van der Waals surface area (Å²) >= 11 is 5.78. The lowest BCUT2D eigenvalue weighted by Crippen LogP contribution is -2.38. The molecule has 0 bridgehead atoms. The number of nitrogens with zero attached hydrogens (tertiary/aromatic N) is 3. The Hall–Kier alpha value is -0.870. The first-order chi connectivity index (χ1) is 8.75. The Morgan fingerprint density at radius 1 is 1.50 bits per heavy atom. The number of aromatic nitrogens is 2. The third-order valence-corrected chi connectivity index (χ3v) is 3.70. The van der Waals surface area contributed by atoms with Gasteiger partial charge in [0.1, 0.15) is 0 Å². The molecule has 5 heteroatoms. The fourth-order valence-electron chi connectivity index (χ4n) is 2.44. The van der Waals surface area contributed by atoms with Gasteiger partial charge < -0.3 is 10.2 Å². The maximum atomic E-state index is 5.78. The van der Waals surface area contributed by atoms with E-state index in [0.29, 0.717) is 5.15 Å². The molecule has 100 valence electrons. The molecule has 0 aromatic carbocycles. The molecule has 2 heterocycles.